The predicted octanol–water partition coefficient (Wildman–Crippen LogP) is 1.60. The molecule has 1 fully saturated rings. The Hall–Kier alpha value is -0.940. The highest BCUT2D eigenvalue weighted by Gasteiger charge is 2.43. The van der Waals surface area contributed by atoms with Gasteiger partial charge in [0.25, 0.3) is 0 Å². The summed E-state index contributed by atoms with van der Waals surface area (Å²) in [6.45, 7) is 0.327. The fourth-order valence-corrected chi connectivity index (χ4v) is 2.79. The molecule has 1 heterocycles. The second-order valence-electron chi connectivity index (χ2n) is 4.78. The van der Waals surface area contributed by atoms with Gasteiger partial charge in [0, 0.05) is 18.3 Å². The number of nitrogens with two attached hydrogens (primary N) is 1. The molecule has 1 aromatic rings. The summed E-state index contributed by atoms with van der Waals surface area (Å²) in [6.07, 6.45) is 3.83. The van der Waals surface area contributed by atoms with Crippen LogP contribution in [-0.4, -0.2) is 24.6 Å². The van der Waals surface area contributed by atoms with Gasteiger partial charge in [0.2, 0.25) is 0 Å². The van der Waals surface area contributed by atoms with Gasteiger partial charge < -0.3 is 10.5 Å². The van der Waals surface area contributed by atoms with Crippen LogP contribution in [0, 0.1) is 11.3 Å². The third-order valence-electron chi connectivity index (χ3n) is 3.39. The van der Waals surface area contributed by atoms with E-state index in [0.717, 1.165) is 12.1 Å². The largest absolute Gasteiger partial charge is 0.469 e. The molecular formula is C12H18N2O2S. The first-order chi connectivity index (χ1) is 8.20. The first-order valence-electron chi connectivity index (χ1n) is 5.86. The highest BCUT2D eigenvalue weighted by molar-refractivity contribution is 7.07. The molecule has 0 spiro atoms. The molecule has 94 valence electrons. The SMILES string of the molecule is COC(=O)C(CN)(Cc1cscn1)CC1CC1. The van der Waals surface area contributed by atoms with Crippen molar-refractivity contribution in [1.82, 2.24) is 4.98 Å². The Morgan fingerprint density at radius 2 is 2.47 bits per heavy atom. The van der Waals surface area contributed by atoms with Crippen molar-refractivity contribution < 1.29 is 9.53 Å². The van der Waals surface area contributed by atoms with Gasteiger partial charge in [-0.05, 0) is 12.3 Å². The summed E-state index contributed by atoms with van der Waals surface area (Å²) in [4.78, 5) is 16.3. The zero-order valence-corrected chi connectivity index (χ0v) is 10.8. The third-order valence-corrected chi connectivity index (χ3v) is 4.02. The van der Waals surface area contributed by atoms with Crippen molar-refractivity contribution >= 4 is 17.3 Å². The van der Waals surface area contributed by atoms with Gasteiger partial charge in [-0.1, -0.05) is 12.8 Å². The van der Waals surface area contributed by atoms with Gasteiger partial charge in [0.15, 0.2) is 0 Å². The zero-order chi connectivity index (χ0) is 12.3. The van der Waals surface area contributed by atoms with Crippen molar-refractivity contribution in [2.24, 2.45) is 17.1 Å². The van der Waals surface area contributed by atoms with Crippen LogP contribution in [0.3, 0.4) is 0 Å². The Morgan fingerprint density at radius 1 is 1.71 bits per heavy atom. The molecule has 17 heavy (non-hydrogen) atoms. The summed E-state index contributed by atoms with van der Waals surface area (Å²) in [7, 11) is 1.43. The van der Waals surface area contributed by atoms with Crippen LogP contribution >= 0.6 is 11.3 Å². The zero-order valence-electron chi connectivity index (χ0n) is 10.0. The molecule has 1 atom stereocenters. The maximum absolute atomic E-state index is 12.0. The van der Waals surface area contributed by atoms with Crippen molar-refractivity contribution in [2.45, 2.75) is 25.7 Å². The van der Waals surface area contributed by atoms with Crippen LogP contribution in [-0.2, 0) is 16.0 Å². The van der Waals surface area contributed by atoms with Gasteiger partial charge >= 0.3 is 5.97 Å². The minimum absolute atomic E-state index is 0.195. The molecule has 2 rings (SSSR count). The number of hydrogen-bond donors (Lipinski definition) is 1. The summed E-state index contributed by atoms with van der Waals surface area (Å²) in [6, 6.07) is 0. The summed E-state index contributed by atoms with van der Waals surface area (Å²) >= 11 is 1.54. The molecule has 0 amide bonds. The van der Waals surface area contributed by atoms with Crippen LogP contribution in [0.5, 0.6) is 0 Å². The standard InChI is InChI=1S/C12H18N2O2S/c1-16-11(15)12(7-13,4-9-2-3-9)5-10-6-17-8-14-10/h6,8-9H,2-5,7,13H2,1H3. The molecule has 1 saturated carbocycles. The molecule has 0 aromatic carbocycles. The molecule has 5 heteroatoms. The van der Waals surface area contributed by atoms with Gasteiger partial charge in [-0.3, -0.25) is 4.79 Å². The van der Waals surface area contributed by atoms with Gasteiger partial charge in [-0.25, -0.2) is 4.98 Å². The fourth-order valence-electron chi connectivity index (χ4n) is 2.23. The molecule has 2 N–H and O–H groups in total. The van der Waals surface area contributed by atoms with Gasteiger partial charge in [-0.2, -0.15) is 0 Å². The lowest BCUT2D eigenvalue weighted by atomic mass is 9.78. The Balaban J connectivity index is 2.16. The van der Waals surface area contributed by atoms with E-state index >= 15 is 0 Å². The van der Waals surface area contributed by atoms with E-state index in [4.69, 9.17) is 10.5 Å². The van der Waals surface area contributed by atoms with Gasteiger partial charge in [-0.15, -0.1) is 11.3 Å². The van der Waals surface area contributed by atoms with Crippen LogP contribution in [0.25, 0.3) is 0 Å². The fraction of sp³-hybridized carbons (Fsp3) is 0.667. The molecule has 1 unspecified atom stereocenters. The average molecular weight is 254 g/mol. The normalized spacial score (nSPS) is 18.7. The minimum Gasteiger partial charge on any atom is -0.469 e. The summed E-state index contributed by atoms with van der Waals surface area (Å²) in [5, 5.41) is 1.97. The smallest absolute Gasteiger partial charge is 0.313 e. The number of hydrogen-bond acceptors (Lipinski definition) is 5. The number of ether oxygens (including phenoxy) is 1. The molecular weight excluding hydrogens is 236 g/mol. The molecule has 0 saturated heterocycles. The van der Waals surface area contributed by atoms with Crippen LogP contribution < -0.4 is 5.73 Å². The Kier molecular flexibility index (Phi) is 3.79. The molecule has 0 radical (unpaired) electrons. The molecule has 0 bridgehead atoms. The van der Waals surface area contributed by atoms with E-state index in [-0.39, 0.29) is 5.97 Å². The Morgan fingerprint density at radius 3 is 2.94 bits per heavy atom. The van der Waals surface area contributed by atoms with Crippen molar-refractivity contribution in [3.05, 3.63) is 16.6 Å². The maximum Gasteiger partial charge on any atom is 0.313 e. The van der Waals surface area contributed by atoms with Gasteiger partial charge in [0.05, 0.1) is 23.7 Å². The lowest BCUT2D eigenvalue weighted by molar-refractivity contribution is -0.153. The van der Waals surface area contributed by atoms with Crippen molar-refractivity contribution in [2.75, 3.05) is 13.7 Å². The van der Waals surface area contributed by atoms with E-state index in [1.807, 2.05) is 5.38 Å². The topological polar surface area (TPSA) is 65.2 Å². The van der Waals surface area contributed by atoms with E-state index < -0.39 is 5.41 Å². The first-order valence-corrected chi connectivity index (χ1v) is 6.80. The monoisotopic (exact) mass is 254 g/mol. The second kappa shape index (κ2) is 5.14. The molecule has 1 aromatic heterocycles. The van der Waals surface area contributed by atoms with Crippen LogP contribution in [0.4, 0.5) is 0 Å². The summed E-state index contributed by atoms with van der Waals surface area (Å²) < 4.78 is 4.94. The van der Waals surface area contributed by atoms with Gasteiger partial charge in [0.1, 0.15) is 0 Å². The van der Waals surface area contributed by atoms with Crippen LogP contribution in [0.2, 0.25) is 0 Å². The average Bonchev–Trinajstić information content (AvgIpc) is 3.01. The number of thiazole rings is 1. The number of carbonyl (C=O) groups is 1. The number of aromatic nitrogens is 1. The van der Waals surface area contributed by atoms with E-state index in [9.17, 15) is 4.79 Å². The summed E-state index contributed by atoms with van der Waals surface area (Å²) in [5.41, 5.74) is 7.99. The number of esters is 1. The predicted molar refractivity (Wildman–Crippen MR) is 66.7 cm³/mol. The lowest BCUT2D eigenvalue weighted by Crippen LogP contribution is -2.42. The van der Waals surface area contributed by atoms with Crippen molar-refractivity contribution in [1.29, 1.82) is 0 Å². The molecule has 1 aliphatic rings. The molecule has 0 aliphatic heterocycles. The number of carbonyl (C=O) groups excluding carboxylic acids is 1. The highest BCUT2D eigenvalue weighted by atomic mass is 32.1. The van der Waals surface area contributed by atoms with E-state index in [1.165, 1.54) is 20.0 Å². The Labute approximate surface area is 105 Å². The molecule has 1 aliphatic carbocycles. The van der Waals surface area contributed by atoms with Crippen LogP contribution in [0.1, 0.15) is 25.0 Å². The number of rotatable bonds is 6. The lowest BCUT2D eigenvalue weighted by Gasteiger charge is -2.29. The van der Waals surface area contributed by atoms with Crippen LogP contribution in [0.15, 0.2) is 10.9 Å². The third kappa shape index (κ3) is 2.84. The van der Waals surface area contributed by atoms with E-state index in [0.29, 0.717) is 18.9 Å². The van der Waals surface area contributed by atoms with E-state index in [1.54, 1.807) is 16.8 Å². The maximum atomic E-state index is 12.0. The highest BCUT2D eigenvalue weighted by Crippen LogP contribution is 2.42. The molecule has 4 nitrogen and oxygen atoms in total. The number of methoxy groups -OCH3 is 1. The first kappa shape index (κ1) is 12.5. The second-order valence-corrected chi connectivity index (χ2v) is 5.50. The number of nitrogens with zero attached hydrogens (tertiary/aromatic N) is 1. The van der Waals surface area contributed by atoms with Crippen molar-refractivity contribution in [3.8, 4) is 0 Å². The summed E-state index contributed by atoms with van der Waals surface area (Å²) in [5.74, 6) is 0.441. The quantitative estimate of drug-likeness (QED) is 0.783. The Bertz CT molecular complexity index is 376. The van der Waals surface area contributed by atoms with Crippen molar-refractivity contribution in [3.63, 3.8) is 0 Å². The van der Waals surface area contributed by atoms with E-state index in [2.05, 4.69) is 4.98 Å². The minimum atomic E-state index is -0.579.